The molecular weight excluding hydrogens is 332 g/mol. The Morgan fingerprint density at radius 1 is 1.08 bits per heavy atom. The topological polar surface area (TPSA) is 92.4 Å². The van der Waals surface area contributed by atoms with E-state index in [4.69, 9.17) is 4.74 Å². The molecule has 7 heteroatoms. The molecule has 0 aliphatic heterocycles. The van der Waals surface area contributed by atoms with Gasteiger partial charge in [-0.05, 0) is 24.3 Å². The van der Waals surface area contributed by atoms with Crippen molar-refractivity contribution in [3.8, 4) is 5.75 Å². The Morgan fingerprint density at radius 3 is 2.62 bits per heavy atom. The predicted molar refractivity (Wildman–Crippen MR) is 99.9 cm³/mol. The summed E-state index contributed by atoms with van der Waals surface area (Å²) in [6.45, 7) is 4.72. The van der Waals surface area contributed by atoms with Gasteiger partial charge in [0.1, 0.15) is 12.4 Å². The normalized spacial score (nSPS) is 10.3. The number of pyridine rings is 1. The number of hydrogen-bond donors (Lipinski definition) is 3. The van der Waals surface area contributed by atoms with Crippen LogP contribution in [0, 0.1) is 5.92 Å². The lowest BCUT2D eigenvalue weighted by Gasteiger charge is -2.11. The molecule has 1 aromatic carbocycles. The molecule has 0 radical (unpaired) electrons. The van der Waals surface area contributed by atoms with Gasteiger partial charge in [0.25, 0.3) is 0 Å². The number of carbonyl (C=O) groups is 2. The highest BCUT2D eigenvalue weighted by Crippen LogP contribution is 2.18. The van der Waals surface area contributed by atoms with Crippen LogP contribution in [0.5, 0.6) is 5.75 Å². The van der Waals surface area contributed by atoms with Gasteiger partial charge in [0, 0.05) is 37.0 Å². The van der Waals surface area contributed by atoms with Crippen molar-refractivity contribution in [3.63, 3.8) is 0 Å². The first-order valence-electron chi connectivity index (χ1n) is 8.50. The first-order chi connectivity index (χ1) is 12.5. The average molecular weight is 356 g/mol. The zero-order valence-corrected chi connectivity index (χ0v) is 15.0. The number of nitrogens with zero attached hydrogens (tertiary/aromatic N) is 1. The third kappa shape index (κ3) is 6.80. The molecule has 0 spiro atoms. The highest BCUT2D eigenvalue weighted by Gasteiger charge is 2.06. The summed E-state index contributed by atoms with van der Waals surface area (Å²) in [5.41, 5.74) is 1.44. The monoisotopic (exact) mass is 356 g/mol. The van der Waals surface area contributed by atoms with Crippen LogP contribution < -0.4 is 20.7 Å². The van der Waals surface area contributed by atoms with Crippen molar-refractivity contribution in [1.82, 2.24) is 15.6 Å². The van der Waals surface area contributed by atoms with E-state index in [2.05, 4.69) is 20.9 Å². The molecule has 26 heavy (non-hydrogen) atoms. The van der Waals surface area contributed by atoms with E-state index in [1.54, 1.807) is 24.4 Å². The Balaban J connectivity index is 1.75. The maximum Gasteiger partial charge on any atom is 0.319 e. The van der Waals surface area contributed by atoms with Crippen molar-refractivity contribution in [2.45, 2.75) is 20.5 Å². The SMILES string of the molecule is CC(C)C(=O)NCCNC(=O)Nc1cccc(OCc2ccccn2)c1. The fourth-order valence-corrected chi connectivity index (χ4v) is 2.05. The van der Waals surface area contributed by atoms with E-state index in [9.17, 15) is 9.59 Å². The molecule has 2 aromatic rings. The fraction of sp³-hybridized carbons (Fsp3) is 0.316. The van der Waals surface area contributed by atoms with Crippen molar-refractivity contribution >= 4 is 17.6 Å². The number of urea groups is 1. The van der Waals surface area contributed by atoms with E-state index >= 15 is 0 Å². The zero-order chi connectivity index (χ0) is 18.8. The molecule has 0 saturated carbocycles. The number of anilines is 1. The van der Waals surface area contributed by atoms with Crippen molar-refractivity contribution in [1.29, 1.82) is 0 Å². The summed E-state index contributed by atoms with van der Waals surface area (Å²) in [7, 11) is 0. The molecule has 2 rings (SSSR count). The molecule has 7 nitrogen and oxygen atoms in total. The van der Waals surface area contributed by atoms with Crippen molar-refractivity contribution < 1.29 is 14.3 Å². The minimum absolute atomic E-state index is 0.0371. The summed E-state index contributed by atoms with van der Waals surface area (Å²) in [5.74, 6) is 0.528. The Morgan fingerprint density at radius 2 is 1.88 bits per heavy atom. The molecule has 1 aromatic heterocycles. The van der Waals surface area contributed by atoms with E-state index in [1.807, 2.05) is 38.1 Å². The molecule has 0 saturated heterocycles. The van der Waals surface area contributed by atoms with Crippen molar-refractivity contribution in [2.75, 3.05) is 18.4 Å². The molecular formula is C19H24N4O3. The maximum absolute atomic E-state index is 11.9. The van der Waals surface area contributed by atoms with Gasteiger partial charge in [-0.2, -0.15) is 0 Å². The molecule has 0 aliphatic carbocycles. The van der Waals surface area contributed by atoms with E-state index < -0.39 is 0 Å². The lowest BCUT2D eigenvalue weighted by atomic mass is 10.2. The lowest BCUT2D eigenvalue weighted by molar-refractivity contribution is -0.123. The van der Waals surface area contributed by atoms with E-state index in [1.165, 1.54) is 0 Å². The number of hydrogen-bond acceptors (Lipinski definition) is 4. The second-order valence-electron chi connectivity index (χ2n) is 5.96. The summed E-state index contributed by atoms with van der Waals surface area (Å²) in [5, 5.41) is 8.16. The Hall–Kier alpha value is -3.09. The van der Waals surface area contributed by atoms with Gasteiger partial charge in [0.15, 0.2) is 0 Å². The molecule has 0 atom stereocenters. The lowest BCUT2D eigenvalue weighted by Crippen LogP contribution is -2.38. The van der Waals surface area contributed by atoms with E-state index in [-0.39, 0.29) is 17.9 Å². The van der Waals surface area contributed by atoms with Gasteiger partial charge in [0.05, 0.1) is 5.69 Å². The van der Waals surface area contributed by atoms with Gasteiger partial charge in [0.2, 0.25) is 5.91 Å². The summed E-state index contributed by atoms with van der Waals surface area (Å²) in [6, 6.07) is 12.4. The number of ether oxygens (including phenoxy) is 1. The first-order valence-corrected chi connectivity index (χ1v) is 8.50. The molecule has 0 fully saturated rings. The Kier molecular flexibility index (Phi) is 7.42. The smallest absolute Gasteiger partial charge is 0.319 e. The minimum Gasteiger partial charge on any atom is -0.487 e. The first kappa shape index (κ1) is 19.2. The van der Waals surface area contributed by atoms with Crippen molar-refractivity contribution in [3.05, 3.63) is 54.4 Å². The predicted octanol–water partition coefficient (Wildman–Crippen LogP) is 2.55. The van der Waals surface area contributed by atoms with Crippen LogP contribution in [0.15, 0.2) is 48.7 Å². The summed E-state index contributed by atoms with van der Waals surface area (Å²) in [4.78, 5) is 27.5. The second kappa shape index (κ2) is 10.0. The number of carbonyl (C=O) groups excluding carboxylic acids is 2. The number of amides is 3. The van der Waals surface area contributed by atoms with Gasteiger partial charge in [-0.1, -0.05) is 26.0 Å². The van der Waals surface area contributed by atoms with Gasteiger partial charge < -0.3 is 20.7 Å². The number of rotatable bonds is 8. The van der Waals surface area contributed by atoms with Crippen LogP contribution in [-0.4, -0.2) is 30.0 Å². The van der Waals surface area contributed by atoms with E-state index in [0.717, 1.165) is 5.69 Å². The van der Waals surface area contributed by atoms with Crippen LogP contribution in [0.3, 0.4) is 0 Å². The Labute approximate surface area is 153 Å². The van der Waals surface area contributed by atoms with Gasteiger partial charge in [-0.25, -0.2) is 4.79 Å². The summed E-state index contributed by atoms with van der Waals surface area (Å²) in [6.07, 6.45) is 1.71. The molecule has 0 aliphatic rings. The molecule has 1 heterocycles. The average Bonchev–Trinajstić information content (AvgIpc) is 2.64. The standard InChI is InChI=1S/C19H24N4O3/c1-14(2)18(24)21-10-11-22-19(25)23-15-7-5-8-17(12-15)26-13-16-6-3-4-9-20-16/h3-9,12,14H,10-11,13H2,1-2H3,(H,21,24)(H2,22,23,25). The molecule has 138 valence electrons. The third-order valence-corrected chi connectivity index (χ3v) is 3.44. The van der Waals surface area contributed by atoms with Gasteiger partial charge >= 0.3 is 6.03 Å². The zero-order valence-electron chi connectivity index (χ0n) is 15.0. The number of nitrogens with one attached hydrogen (secondary N) is 3. The van der Waals surface area contributed by atoms with Crippen LogP contribution in [0.2, 0.25) is 0 Å². The quantitative estimate of drug-likeness (QED) is 0.634. The molecule has 0 unspecified atom stereocenters. The largest absolute Gasteiger partial charge is 0.487 e. The van der Waals surface area contributed by atoms with Gasteiger partial charge in [-0.15, -0.1) is 0 Å². The summed E-state index contributed by atoms with van der Waals surface area (Å²) >= 11 is 0. The molecule has 3 N–H and O–H groups in total. The summed E-state index contributed by atoms with van der Waals surface area (Å²) < 4.78 is 5.68. The fourth-order valence-electron chi connectivity index (χ4n) is 2.05. The Bertz CT molecular complexity index is 720. The highest BCUT2D eigenvalue weighted by atomic mass is 16.5. The van der Waals surface area contributed by atoms with E-state index in [0.29, 0.717) is 31.1 Å². The molecule has 3 amide bonds. The third-order valence-electron chi connectivity index (χ3n) is 3.44. The van der Waals surface area contributed by atoms with Crippen LogP contribution in [-0.2, 0) is 11.4 Å². The number of aromatic nitrogens is 1. The number of benzene rings is 1. The van der Waals surface area contributed by atoms with Crippen LogP contribution in [0.4, 0.5) is 10.5 Å². The highest BCUT2D eigenvalue weighted by molar-refractivity contribution is 5.89. The maximum atomic E-state index is 11.9. The van der Waals surface area contributed by atoms with Crippen LogP contribution in [0.1, 0.15) is 19.5 Å². The molecule has 0 bridgehead atoms. The minimum atomic E-state index is -0.342. The van der Waals surface area contributed by atoms with Gasteiger partial charge in [-0.3, -0.25) is 9.78 Å². The second-order valence-corrected chi connectivity index (χ2v) is 5.96. The van der Waals surface area contributed by atoms with Crippen LogP contribution in [0.25, 0.3) is 0 Å². The van der Waals surface area contributed by atoms with Crippen LogP contribution >= 0.6 is 0 Å². The van der Waals surface area contributed by atoms with Crippen molar-refractivity contribution in [2.24, 2.45) is 5.92 Å².